The molecule has 0 aromatic heterocycles. The second-order valence-electron chi connectivity index (χ2n) is 5.86. The quantitative estimate of drug-likeness (QED) is 0.479. The number of benzene rings is 3. The van der Waals surface area contributed by atoms with Crippen molar-refractivity contribution in [1.82, 2.24) is 0 Å². The second-order valence-corrected chi connectivity index (χ2v) is 8.83. The van der Waals surface area contributed by atoms with E-state index >= 15 is 0 Å². The van der Waals surface area contributed by atoms with Crippen molar-refractivity contribution in [2.75, 3.05) is 5.32 Å². The van der Waals surface area contributed by atoms with Crippen LogP contribution in [0.15, 0.2) is 70.5 Å². The van der Waals surface area contributed by atoms with Gasteiger partial charge in [0.25, 0.3) is 10.1 Å². The SMILES string of the molecule is CC(=O)Nc1ccc2cc(S(=O)(=O)O)cc(OS(=O)(=O)c3ccccc3)c2c1. The van der Waals surface area contributed by atoms with Gasteiger partial charge < -0.3 is 9.50 Å². The van der Waals surface area contributed by atoms with Crippen molar-refractivity contribution >= 4 is 42.6 Å². The van der Waals surface area contributed by atoms with E-state index in [2.05, 4.69) is 5.32 Å². The van der Waals surface area contributed by atoms with Crippen LogP contribution in [0.2, 0.25) is 0 Å². The molecule has 0 heterocycles. The van der Waals surface area contributed by atoms with Crippen LogP contribution in [0.3, 0.4) is 0 Å². The smallest absolute Gasteiger partial charge is 0.339 e. The number of rotatable bonds is 5. The fraction of sp³-hybridized carbons (Fsp3) is 0.0556. The van der Waals surface area contributed by atoms with E-state index in [9.17, 15) is 26.2 Å². The first-order valence-electron chi connectivity index (χ1n) is 7.89. The number of hydrogen-bond acceptors (Lipinski definition) is 6. The van der Waals surface area contributed by atoms with Crippen LogP contribution >= 0.6 is 0 Å². The van der Waals surface area contributed by atoms with Crippen LogP contribution in [0.5, 0.6) is 5.75 Å². The van der Waals surface area contributed by atoms with E-state index in [1.165, 1.54) is 55.5 Å². The second kappa shape index (κ2) is 7.23. The molecule has 3 aromatic rings. The van der Waals surface area contributed by atoms with Crippen molar-refractivity contribution in [3.63, 3.8) is 0 Å². The minimum absolute atomic E-state index is 0.126. The zero-order chi connectivity index (χ0) is 20.5. The van der Waals surface area contributed by atoms with Crippen molar-refractivity contribution < 1.29 is 30.4 Å². The zero-order valence-corrected chi connectivity index (χ0v) is 16.1. The molecule has 1 amide bonds. The van der Waals surface area contributed by atoms with Crippen molar-refractivity contribution in [3.05, 3.63) is 60.7 Å². The van der Waals surface area contributed by atoms with E-state index in [-0.39, 0.29) is 21.9 Å². The van der Waals surface area contributed by atoms with Gasteiger partial charge in [0.05, 0.1) is 4.90 Å². The zero-order valence-electron chi connectivity index (χ0n) is 14.5. The Kier molecular flexibility index (Phi) is 5.11. The number of anilines is 1. The molecule has 0 saturated carbocycles. The van der Waals surface area contributed by atoms with Crippen molar-refractivity contribution in [2.24, 2.45) is 0 Å². The van der Waals surface area contributed by atoms with Gasteiger partial charge in [0.1, 0.15) is 4.90 Å². The van der Waals surface area contributed by atoms with Gasteiger partial charge in [-0.3, -0.25) is 9.35 Å². The molecule has 0 spiro atoms. The summed E-state index contributed by atoms with van der Waals surface area (Å²) in [5.41, 5.74) is 0.363. The molecule has 0 aliphatic carbocycles. The maximum absolute atomic E-state index is 12.6. The van der Waals surface area contributed by atoms with Crippen LogP contribution in [0.4, 0.5) is 5.69 Å². The van der Waals surface area contributed by atoms with Crippen molar-refractivity contribution in [2.45, 2.75) is 16.7 Å². The molecule has 2 N–H and O–H groups in total. The van der Waals surface area contributed by atoms with E-state index in [0.29, 0.717) is 11.1 Å². The third-order valence-electron chi connectivity index (χ3n) is 3.74. The molecule has 0 atom stereocenters. The molecule has 0 aliphatic rings. The lowest BCUT2D eigenvalue weighted by Gasteiger charge is -2.12. The van der Waals surface area contributed by atoms with Gasteiger partial charge in [0.2, 0.25) is 5.91 Å². The van der Waals surface area contributed by atoms with Crippen LogP contribution in [0.1, 0.15) is 6.92 Å². The Hall–Kier alpha value is -2.95. The summed E-state index contributed by atoms with van der Waals surface area (Å²) in [5, 5.41) is 3.08. The molecule has 28 heavy (non-hydrogen) atoms. The number of carbonyl (C=O) groups excluding carboxylic acids is 1. The van der Waals surface area contributed by atoms with E-state index in [1.807, 2.05) is 0 Å². The standard InChI is InChI=1S/C18H15NO7S2/c1-12(20)19-14-8-7-13-9-16(27(21,22)23)11-18(17(13)10-14)26-28(24,25)15-5-3-2-4-6-15/h2-11H,1H3,(H,19,20)(H,21,22,23). The van der Waals surface area contributed by atoms with Crippen LogP contribution in [0, 0.1) is 0 Å². The first-order chi connectivity index (χ1) is 13.1. The molecule has 0 bridgehead atoms. The third-order valence-corrected chi connectivity index (χ3v) is 5.82. The first kappa shape index (κ1) is 19.8. The average molecular weight is 421 g/mol. The first-order valence-corrected chi connectivity index (χ1v) is 10.7. The topological polar surface area (TPSA) is 127 Å². The maximum Gasteiger partial charge on any atom is 0.339 e. The van der Waals surface area contributed by atoms with E-state index in [0.717, 1.165) is 6.07 Å². The van der Waals surface area contributed by atoms with E-state index in [1.54, 1.807) is 6.07 Å². The molecule has 0 aliphatic heterocycles. The molecular weight excluding hydrogens is 406 g/mol. The predicted molar refractivity (Wildman–Crippen MR) is 102 cm³/mol. The molecule has 146 valence electrons. The maximum atomic E-state index is 12.6. The highest BCUT2D eigenvalue weighted by atomic mass is 32.2. The fourth-order valence-corrected chi connectivity index (χ4v) is 4.04. The van der Waals surface area contributed by atoms with Crippen LogP contribution in [-0.4, -0.2) is 27.3 Å². The Labute approximate surface area is 161 Å². The Balaban J connectivity index is 2.21. The minimum Gasteiger partial charge on any atom is -0.378 e. The fourth-order valence-electron chi connectivity index (χ4n) is 2.55. The Morgan fingerprint density at radius 3 is 2.21 bits per heavy atom. The molecule has 8 nitrogen and oxygen atoms in total. The lowest BCUT2D eigenvalue weighted by molar-refractivity contribution is -0.114. The van der Waals surface area contributed by atoms with Gasteiger partial charge in [0, 0.05) is 24.1 Å². The van der Waals surface area contributed by atoms with Gasteiger partial charge in [-0.25, -0.2) is 0 Å². The minimum atomic E-state index is -4.61. The molecule has 10 heteroatoms. The van der Waals surface area contributed by atoms with Crippen LogP contribution < -0.4 is 9.50 Å². The van der Waals surface area contributed by atoms with Crippen LogP contribution in [-0.2, 0) is 25.0 Å². The number of nitrogens with one attached hydrogen (secondary N) is 1. The van der Waals surface area contributed by atoms with Gasteiger partial charge in [-0.2, -0.15) is 16.8 Å². The highest BCUT2D eigenvalue weighted by molar-refractivity contribution is 7.87. The number of hydrogen-bond donors (Lipinski definition) is 2. The summed E-state index contributed by atoms with van der Waals surface area (Å²) in [7, 11) is -8.88. The average Bonchev–Trinajstić information content (AvgIpc) is 2.61. The molecule has 0 radical (unpaired) electrons. The molecular formula is C18H15NO7S2. The highest BCUT2D eigenvalue weighted by Gasteiger charge is 2.21. The molecule has 0 unspecified atom stereocenters. The summed E-state index contributed by atoms with van der Waals surface area (Å²) in [4.78, 5) is 10.6. The van der Waals surface area contributed by atoms with Gasteiger partial charge >= 0.3 is 10.1 Å². The summed E-state index contributed by atoms with van der Waals surface area (Å²) in [6.45, 7) is 1.31. The summed E-state index contributed by atoms with van der Waals surface area (Å²) in [6, 6.07) is 13.8. The number of amides is 1. The van der Waals surface area contributed by atoms with Gasteiger partial charge in [-0.1, -0.05) is 24.3 Å². The predicted octanol–water partition coefficient (Wildman–Crippen LogP) is 2.81. The third kappa shape index (κ3) is 4.30. The Morgan fingerprint density at radius 2 is 1.61 bits per heavy atom. The number of carbonyl (C=O) groups is 1. The summed E-state index contributed by atoms with van der Waals surface area (Å²) in [5.74, 6) is -0.644. The van der Waals surface area contributed by atoms with E-state index < -0.39 is 25.1 Å². The van der Waals surface area contributed by atoms with Crippen LogP contribution in [0.25, 0.3) is 10.8 Å². The normalized spacial score (nSPS) is 11.9. The lowest BCUT2D eigenvalue weighted by Crippen LogP contribution is -2.11. The largest absolute Gasteiger partial charge is 0.378 e. The van der Waals surface area contributed by atoms with Gasteiger partial charge in [-0.05, 0) is 35.7 Å². The van der Waals surface area contributed by atoms with Gasteiger partial charge in [-0.15, -0.1) is 0 Å². The molecule has 0 saturated heterocycles. The summed E-state index contributed by atoms with van der Waals surface area (Å²) >= 11 is 0. The Bertz CT molecular complexity index is 1270. The summed E-state index contributed by atoms with van der Waals surface area (Å²) < 4.78 is 62.8. The molecule has 3 aromatic carbocycles. The number of fused-ring (bicyclic) bond motifs is 1. The Morgan fingerprint density at radius 1 is 0.929 bits per heavy atom. The molecule has 0 fully saturated rings. The van der Waals surface area contributed by atoms with E-state index in [4.69, 9.17) is 4.18 Å². The summed E-state index contributed by atoms with van der Waals surface area (Å²) in [6.07, 6.45) is 0. The molecule has 3 rings (SSSR count). The van der Waals surface area contributed by atoms with Crippen molar-refractivity contribution in [3.8, 4) is 5.75 Å². The lowest BCUT2D eigenvalue weighted by atomic mass is 10.1. The van der Waals surface area contributed by atoms with Crippen molar-refractivity contribution in [1.29, 1.82) is 0 Å². The monoisotopic (exact) mass is 421 g/mol. The highest BCUT2D eigenvalue weighted by Crippen LogP contribution is 2.33. The van der Waals surface area contributed by atoms with Gasteiger partial charge in [0.15, 0.2) is 5.75 Å².